The van der Waals surface area contributed by atoms with Gasteiger partial charge in [-0.25, -0.2) is 10.3 Å². The van der Waals surface area contributed by atoms with E-state index in [2.05, 4.69) is 5.48 Å². The van der Waals surface area contributed by atoms with Crippen LogP contribution in [0.25, 0.3) is 0 Å². The van der Waals surface area contributed by atoms with Crippen molar-refractivity contribution in [3.8, 4) is 0 Å². The number of aliphatic hydroxyl groups excluding tert-OH is 1. The molecule has 0 fully saturated rings. The van der Waals surface area contributed by atoms with E-state index in [0.717, 1.165) is 5.56 Å². The second kappa shape index (κ2) is 6.95. The first-order chi connectivity index (χ1) is 7.70. The second-order valence-corrected chi connectivity index (χ2v) is 3.31. The Bertz CT molecular complexity index is 315. The van der Waals surface area contributed by atoms with Gasteiger partial charge in [0.05, 0.1) is 6.61 Å². The third-order valence-electron chi connectivity index (χ3n) is 1.99. The van der Waals surface area contributed by atoms with Crippen molar-refractivity contribution in [2.45, 2.75) is 19.1 Å². The van der Waals surface area contributed by atoms with Crippen LogP contribution in [0.3, 0.4) is 0 Å². The molecule has 0 aromatic heterocycles. The van der Waals surface area contributed by atoms with Gasteiger partial charge in [0.2, 0.25) is 0 Å². The summed E-state index contributed by atoms with van der Waals surface area (Å²) < 4.78 is 0. The Morgan fingerprint density at radius 2 is 2.06 bits per heavy atom. The Labute approximate surface area is 93.6 Å². The summed E-state index contributed by atoms with van der Waals surface area (Å²) in [4.78, 5) is 15.4. The highest BCUT2D eigenvalue weighted by molar-refractivity contribution is 5.71. The van der Waals surface area contributed by atoms with E-state index in [4.69, 9.17) is 15.1 Å². The Morgan fingerprint density at radius 1 is 1.38 bits per heavy atom. The van der Waals surface area contributed by atoms with Crippen LogP contribution in [-0.4, -0.2) is 28.8 Å². The maximum atomic E-state index is 10.3. The summed E-state index contributed by atoms with van der Waals surface area (Å²) in [5.74, 6) is -1.22. The van der Waals surface area contributed by atoms with Crippen LogP contribution in [-0.2, 0) is 16.2 Å². The number of carboxylic acid groups (broad SMARTS) is 1. The summed E-state index contributed by atoms with van der Waals surface area (Å²) in [6.07, 6.45) is -1.22. The molecule has 0 spiro atoms. The molecule has 1 atom stereocenters. The van der Waals surface area contributed by atoms with Gasteiger partial charge in [0, 0.05) is 6.54 Å². The zero-order valence-corrected chi connectivity index (χ0v) is 8.80. The number of nitrogens with one attached hydrogen (secondary N) is 1. The average molecular weight is 225 g/mol. The molecular formula is C11H15NO4. The number of rotatable bonds is 7. The minimum atomic E-state index is -1.34. The van der Waals surface area contributed by atoms with E-state index in [1.165, 1.54) is 0 Å². The van der Waals surface area contributed by atoms with E-state index >= 15 is 0 Å². The SMILES string of the molecule is O=C(O)C(O)CCNOCc1ccccc1. The lowest BCUT2D eigenvalue weighted by Crippen LogP contribution is -2.26. The number of hydrogen-bond donors (Lipinski definition) is 3. The highest BCUT2D eigenvalue weighted by atomic mass is 16.6. The minimum absolute atomic E-state index is 0.115. The summed E-state index contributed by atoms with van der Waals surface area (Å²) in [5, 5.41) is 17.3. The number of benzene rings is 1. The summed E-state index contributed by atoms with van der Waals surface area (Å²) in [7, 11) is 0. The van der Waals surface area contributed by atoms with E-state index < -0.39 is 12.1 Å². The number of carboxylic acids is 1. The van der Waals surface area contributed by atoms with Crippen LogP contribution in [0.2, 0.25) is 0 Å². The molecule has 3 N–H and O–H groups in total. The van der Waals surface area contributed by atoms with Gasteiger partial charge in [-0.15, -0.1) is 0 Å². The van der Waals surface area contributed by atoms with E-state index in [1.54, 1.807) is 0 Å². The molecule has 5 heteroatoms. The summed E-state index contributed by atoms with van der Waals surface area (Å²) in [6, 6.07) is 9.58. The van der Waals surface area contributed by atoms with Crippen LogP contribution >= 0.6 is 0 Å². The lowest BCUT2D eigenvalue weighted by molar-refractivity contribution is -0.147. The molecule has 1 rings (SSSR count). The van der Waals surface area contributed by atoms with Crippen LogP contribution in [0.15, 0.2) is 30.3 Å². The predicted molar refractivity (Wildman–Crippen MR) is 57.5 cm³/mol. The number of aliphatic carboxylic acids is 1. The first-order valence-corrected chi connectivity index (χ1v) is 4.99. The maximum Gasteiger partial charge on any atom is 0.332 e. The van der Waals surface area contributed by atoms with Gasteiger partial charge in [-0.05, 0) is 12.0 Å². The topological polar surface area (TPSA) is 78.8 Å². The van der Waals surface area contributed by atoms with Gasteiger partial charge < -0.3 is 10.2 Å². The van der Waals surface area contributed by atoms with Crippen molar-refractivity contribution >= 4 is 5.97 Å². The molecular weight excluding hydrogens is 210 g/mol. The van der Waals surface area contributed by atoms with Gasteiger partial charge in [0.1, 0.15) is 0 Å². The van der Waals surface area contributed by atoms with Crippen LogP contribution in [0, 0.1) is 0 Å². The highest BCUT2D eigenvalue weighted by Crippen LogP contribution is 1.99. The molecule has 0 amide bonds. The van der Waals surface area contributed by atoms with Crippen molar-refractivity contribution in [3.63, 3.8) is 0 Å². The lowest BCUT2D eigenvalue weighted by Gasteiger charge is -2.07. The fourth-order valence-electron chi connectivity index (χ4n) is 1.10. The van der Waals surface area contributed by atoms with Crippen LogP contribution < -0.4 is 5.48 Å². The van der Waals surface area contributed by atoms with Gasteiger partial charge >= 0.3 is 5.97 Å². The molecule has 0 aliphatic carbocycles. The van der Waals surface area contributed by atoms with Gasteiger partial charge in [0.15, 0.2) is 6.10 Å². The normalized spacial score (nSPS) is 12.3. The van der Waals surface area contributed by atoms with Gasteiger partial charge in [-0.1, -0.05) is 30.3 Å². The van der Waals surface area contributed by atoms with Crippen LogP contribution in [0.4, 0.5) is 0 Å². The summed E-state index contributed by atoms with van der Waals surface area (Å²) in [6.45, 7) is 0.699. The first kappa shape index (κ1) is 12.6. The molecule has 0 bridgehead atoms. The highest BCUT2D eigenvalue weighted by Gasteiger charge is 2.11. The molecule has 0 radical (unpaired) electrons. The van der Waals surface area contributed by atoms with Crippen molar-refractivity contribution in [2.24, 2.45) is 0 Å². The van der Waals surface area contributed by atoms with Crippen molar-refractivity contribution in [1.29, 1.82) is 0 Å². The Hall–Kier alpha value is -1.43. The van der Waals surface area contributed by atoms with Gasteiger partial charge in [0.25, 0.3) is 0 Å². The molecule has 88 valence electrons. The monoisotopic (exact) mass is 225 g/mol. The van der Waals surface area contributed by atoms with Crippen molar-refractivity contribution in [3.05, 3.63) is 35.9 Å². The molecule has 0 heterocycles. The van der Waals surface area contributed by atoms with Gasteiger partial charge in [-0.2, -0.15) is 0 Å². The Balaban J connectivity index is 2.07. The largest absolute Gasteiger partial charge is 0.479 e. The Kier molecular flexibility index (Phi) is 5.49. The third-order valence-corrected chi connectivity index (χ3v) is 1.99. The molecule has 1 aromatic carbocycles. The predicted octanol–water partition coefficient (Wildman–Crippen LogP) is 0.543. The molecule has 5 nitrogen and oxygen atoms in total. The smallest absolute Gasteiger partial charge is 0.332 e. The molecule has 1 aromatic rings. The third kappa shape index (κ3) is 4.88. The van der Waals surface area contributed by atoms with Crippen molar-refractivity contribution < 1.29 is 19.8 Å². The van der Waals surface area contributed by atoms with Crippen LogP contribution in [0.5, 0.6) is 0 Å². The second-order valence-electron chi connectivity index (χ2n) is 3.31. The standard InChI is InChI=1S/C11H15NO4/c13-10(11(14)15)6-7-12-16-8-9-4-2-1-3-5-9/h1-5,10,12-13H,6-8H2,(H,14,15). The molecule has 0 aliphatic rings. The zero-order valence-electron chi connectivity index (χ0n) is 8.80. The fourth-order valence-corrected chi connectivity index (χ4v) is 1.10. The zero-order chi connectivity index (χ0) is 11.8. The molecule has 0 saturated heterocycles. The number of hydroxylamine groups is 1. The average Bonchev–Trinajstić information content (AvgIpc) is 2.29. The number of carbonyl (C=O) groups is 1. The number of aliphatic hydroxyl groups is 1. The quantitative estimate of drug-likeness (QED) is 0.466. The number of hydrogen-bond acceptors (Lipinski definition) is 4. The fraction of sp³-hybridized carbons (Fsp3) is 0.364. The Morgan fingerprint density at radius 3 is 2.69 bits per heavy atom. The van der Waals surface area contributed by atoms with E-state index in [1.807, 2.05) is 30.3 Å². The minimum Gasteiger partial charge on any atom is -0.479 e. The van der Waals surface area contributed by atoms with E-state index in [-0.39, 0.29) is 6.42 Å². The molecule has 0 saturated carbocycles. The van der Waals surface area contributed by atoms with Crippen molar-refractivity contribution in [1.82, 2.24) is 5.48 Å². The molecule has 16 heavy (non-hydrogen) atoms. The molecule has 0 aliphatic heterocycles. The first-order valence-electron chi connectivity index (χ1n) is 4.99. The van der Waals surface area contributed by atoms with Crippen LogP contribution in [0.1, 0.15) is 12.0 Å². The summed E-state index contributed by atoms with van der Waals surface area (Å²) in [5.41, 5.74) is 3.62. The van der Waals surface area contributed by atoms with E-state index in [0.29, 0.717) is 13.2 Å². The summed E-state index contributed by atoms with van der Waals surface area (Å²) >= 11 is 0. The lowest BCUT2D eigenvalue weighted by atomic mass is 10.2. The van der Waals surface area contributed by atoms with Crippen molar-refractivity contribution in [2.75, 3.05) is 6.54 Å². The molecule has 1 unspecified atom stereocenters. The van der Waals surface area contributed by atoms with E-state index in [9.17, 15) is 4.79 Å². The maximum absolute atomic E-state index is 10.3. The van der Waals surface area contributed by atoms with Gasteiger partial charge in [-0.3, -0.25) is 4.84 Å².